The summed E-state index contributed by atoms with van der Waals surface area (Å²) in [4.78, 5) is 14.0. The number of nitrogens with one attached hydrogen (secondary N) is 1. The fourth-order valence-corrected chi connectivity index (χ4v) is 2.56. The average Bonchev–Trinajstić information content (AvgIpc) is 2.90. The molecule has 0 atom stereocenters. The molecule has 1 aliphatic rings. The van der Waals surface area contributed by atoms with Gasteiger partial charge in [0.1, 0.15) is 0 Å². The molecule has 0 saturated carbocycles. The van der Waals surface area contributed by atoms with Gasteiger partial charge in [0.05, 0.1) is 17.9 Å². The van der Waals surface area contributed by atoms with Crippen LogP contribution in [-0.4, -0.2) is 45.7 Å². The number of nitrogens with zero attached hydrogens (tertiary/aromatic N) is 3. The molecule has 0 spiro atoms. The van der Waals surface area contributed by atoms with Crippen LogP contribution in [-0.2, 0) is 0 Å². The second kappa shape index (κ2) is 6.07. The fraction of sp³-hybridized carbons (Fsp3) is 0.727. The van der Waals surface area contributed by atoms with Crippen molar-refractivity contribution < 1.29 is 4.79 Å². The summed E-state index contributed by atoms with van der Waals surface area (Å²) in [6, 6.07) is 0. The topological polar surface area (TPSA) is 58.1 Å². The van der Waals surface area contributed by atoms with Gasteiger partial charge in [0.25, 0.3) is 5.91 Å². The lowest BCUT2D eigenvalue weighted by Gasteiger charge is -2.28. The van der Waals surface area contributed by atoms with E-state index in [2.05, 4.69) is 14.1 Å². The van der Waals surface area contributed by atoms with E-state index in [0.717, 1.165) is 50.7 Å². The molecule has 1 saturated heterocycles. The molecule has 2 rings (SSSR count). The van der Waals surface area contributed by atoms with Crippen LogP contribution in [0.5, 0.6) is 0 Å². The Morgan fingerprint density at radius 1 is 1.59 bits per heavy atom. The van der Waals surface area contributed by atoms with E-state index < -0.39 is 0 Å². The third-order valence-corrected chi connectivity index (χ3v) is 3.66. The van der Waals surface area contributed by atoms with Crippen LogP contribution in [0.4, 0.5) is 0 Å². The smallest absolute Gasteiger partial charge is 0.275 e. The normalized spacial score (nSPS) is 17.0. The highest BCUT2D eigenvalue weighted by atomic mass is 32.1. The molecule has 1 fully saturated rings. The van der Waals surface area contributed by atoms with Crippen LogP contribution in [0.2, 0.25) is 0 Å². The van der Waals surface area contributed by atoms with Gasteiger partial charge in [0, 0.05) is 13.1 Å². The molecular formula is C11H18N4OS. The highest BCUT2D eigenvalue weighted by Crippen LogP contribution is 2.14. The molecule has 0 bridgehead atoms. The van der Waals surface area contributed by atoms with Crippen molar-refractivity contribution in [3.63, 3.8) is 0 Å². The SMILES string of the molecule is CCN(CC1CCNCC1)C(=O)c1cnsn1. The third kappa shape index (κ3) is 3.23. The second-order valence-electron chi connectivity index (χ2n) is 4.33. The Morgan fingerprint density at radius 3 is 2.94 bits per heavy atom. The first kappa shape index (κ1) is 12.4. The summed E-state index contributed by atoms with van der Waals surface area (Å²) in [6.45, 7) is 5.72. The molecule has 1 amide bonds. The predicted octanol–water partition coefficient (Wildman–Crippen LogP) is 1.000. The number of carbonyl (C=O) groups excluding carboxylic acids is 1. The zero-order chi connectivity index (χ0) is 12.1. The average molecular weight is 254 g/mol. The third-order valence-electron chi connectivity index (χ3n) is 3.19. The lowest BCUT2D eigenvalue weighted by molar-refractivity contribution is 0.0722. The van der Waals surface area contributed by atoms with Crippen LogP contribution < -0.4 is 5.32 Å². The molecular weight excluding hydrogens is 236 g/mol. The molecule has 0 aliphatic carbocycles. The summed E-state index contributed by atoms with van der Waals surface area (Å²) in [5.74, 6) is 0.631. The molecule has 0 aromatic carbocycles. The standard InChI is InChI=1S/C11H18N4OS/c1-2-15(8-9-3-5-12-6-4-9)11(16)10-7-13-17-14-10/h7,9,12H,2-6,8H2,1H3. The van der Waals surface area contributed by atoms with E-state index in [1.165, 1.54) is 0 Å². The zero-order valence-electron chi connectivity index (χ0n) is 10.1. The van der Waals surface area contributed by atoms with Crippen LogP contribution in [0.3, 0.4) is 0 Å². The lowest BCUT2D eigenvalue weighted by atomic mass is 9.97. The zero-order valence-corrected chi connectivity index (χ0v) is 10.9. The Kier molecular flexibility index (Phi) is 4.44. The fourth-order valence-electron chi connectivity index (χ4n) is 2.15. The Morgan fingerprint density at radius 2 is 2.35 bits per heavy atom. The molecule has 1 N–H and O–H groups in total. The maximum Gasteiger partial charge on any atom is 0.275 e. The number of rotatable bonds is 4. The first-order valence-corrected chi connectivity index (χ1v) is 6.82. The number of hydrogen-bond donors (Lipinski definition) is 1. The van der Waals surface area contributed by atoms with Crippen LogP contribution in [0.15, 0.2) is 6.20 Å². The van der Waals surface area contributed by atoms with Crippen LogP contribution in [0.25, 0.3) is 0 Å². The summed E-state index contributed by atoms with van der Waals surface area (Å²) >= 11 is 1.08. The minimum atomic E-state index is 0.0137. The number of amides is 1. The van der Waals surface area contributed by atoms with Crippen molar-refractivity contribution in [1.29, 1.82) is 0 Å². The van der Waals surface area contributed by atoms with Gasteiger partial charge in [-0.1, -0.05) is 0 Å². The molecule has 0 radical (unpaired) electrons. The highest BCUT2D eigenvalue weighted by molar-refractivity contribution is 6.99. The van der Waals surface area contributed by atoms with Crippen molar-refractivity contribution in [3.8, 4) is 0 Å². The van der Waals surface area contributed by atoms with Crippen LogP contribution in [0, 0.1) is 5.92 Å². The van der Waals surface area contributed by atoms with Crippen molar-refractivity contribution in [1.82, 2.24) is 19.0 Å². The molecule has 94 valence electrons. The van der Waals surface area contributed by atoms with E-state index in [-0.39, 0.29) is 5.91 Å². The van der Waals surface area contributed by atoms with Gasteiger partial charge in [-0.05, 0) is 38.8 Å². The van der Waals surface area contributed by atoms with Crippen molar-refractivity contribution in [3.05, 3.63) is 11.9 Å². The Hall–Kier alpha value is -1.01. The maximum atomic E-state index is 12.1. The number of aromatic nitrogens is 2. The molecule has 2 heterocycles. The van der Waals surface area contributed by atoms with Crippen LogP contribution >= 0.6 is 11.7 Å². The van der Waals surface area contributed by atoms with Crippen molar-refractivity contribution >= 4 is 17.6 Å². The van der Waals surface area contributed by atoms with E-state index in [1.54, 1.807) is 6.20 Å². The molecule has 1 aromatic heterocycles. The van der Waals surface area contributed by atoms with Gasteiger partial charge in [0.2, 0.25) is 0 Å². The van der Waals surface area contributed by atoms with E-state index in [1.807, 2.05) is 11.8 Å². The number of piperidine rings is 1. The maximum absolute atomic E-state index is 12.1. The molecule has 1 aromatic rings. The highest BCUT2D eigenvalue weighted by Gasteiger charge is 2.21. The van der Waals surface area contributed by atoms with E-state index >= 15 is 0 Å². The summed E-state index contributed by atoms with van der Waals surface area (Å²) in [5, 5.41) is 3.34. The number of hydrogen-bond acceptors (Lipinski definition) is 5. The first-order valence-electron chi connectivity index (χ1n) is 6.08. The quantitative estimate of drug-likeness (QED) is 0.871. The number of carbonyl (C=O) groups is 1. The Labute approximate surface area is 106 Å². The van der Waals surface area contributed by atoms with Crippen molar-refractivity contribution in [2.24, 2.45) is 5.92 Å². The monoisotopic (exact) mass is 254 g/mol. The molecule has 1 aliphatic heterocycles. The lowest BCUT2D eigenvalue weighted by Crippen LogP contribution is -2.39. The minimum absolute atomic E-state index is 0.0137. The summed E-state index contributed by atoms with van der Waals surface area (Å²) in [7, 11) is 0. The van der Waals surface area contributed by atoms with Gasteiger partial charge in [-0.2, -0.15) is 8.75 Å². The van der Waals surface area contributed by atoms with Gasteiger partial charge >= 0.3 is 0 Å². The van der Waals surface area contributed by atoms with Gasteiger partial charge < -0.3 is 10.2 Å². The van der Waals surface area contributed by atoms with Gasteiger partial charge in [-0.25, -0.2) is 0 Å². The largest absolute Gasteiger partial charge is 0.337 e. The van der Waals surface area contributed by atoms with E-state index in [4.69, 9.17) is 0 Å². The van der Waals surface area contributed by atoms with Crippen molar-refractivity contribution in [2.45, 2.75) is 19.8 Å². The predicted molar refractivity (Wildman–Crippen MR) is 67.1 cm³/mol. The van der Waals surface area contributed by atoms with Gasteiger partial charge in [-0.3, -0.25) is 4.79 Å². The summed E-state index contributed by atoms with van der Waals surface area (Å²) in [6.07, 6.45) is 3.86. The van der Waals surface area contributed by atoms with Gasteiger partial charge in [0.15, 0.2) is 5.69 Å². The Bertz CT molecular complexity index is 348. The van der Waals surface area contributed by atoms with E-state index in [9.17, 15) is 4.79 Å². The molecule has 17 heavy (non-hydrogen) atoms. The Balaban J connectivity index is 1.93. The second-order valence-corrected chi connectivity index (χ2v) is 4.89. The van der Waals surface area contributed by atoms with Crippen LogP contribution in [0.1, 0.15) is 30.3 Å². The first-order chi connectivity index (χ1) is 8.31. The van der Waals surface area contributed by atoms with E-state index in [0.29, 0.717) is 11.6 Å². The molecule has 5 nitrogen and oxygen atoms in total. The molecule has 6 heteroatoms. The van der Waals surface area contributed by atoms with Gasteiger partial charge in [-0.15, -0.1) is 0 Å². The van der Waals surface area contributed by atoms with Crippen molar-refractivity contribution in [2.75, 3.05) is 26.2 Å². The summed E-state index contributed by atoms with van der Waals surface area (Å²) in [5.41, 5.74) is 0.478. The minimum Gasteiger partial charge on any atom is -0.337 e. The summed E-state index contributed by atoms with van der Waals surface area (Å²) < 4.78 is 7.88. The molecule has 0 unspecified atom stereocenters.